The monoisotopic (exact) mass is 427 g/mol. The van der Waals surface area contributed by atoms with Crippen LogP contribution in [0.1, 0.15) is 34.0 Å². The van der Waals surface area contributed by atoms with Crippen LogP contribution in [0.3, 0.4) is 0 Å². The molecule has 0 spiro atoms. The highest BCUT2D eigenvalue weighted by Gasteiger charge is 2.18. The third-order valence-corrected chi connectivity index (χ3v) is 5.89. The molecule has 0 aliphatic carbocycles. The molecule has 2 aromatic carbocycles. The van der Waals surface area contributed by atoms with Gasteiger partial charge < -0.3 is 10.6 Å². The highest BCUT2D eigenvalue weighted by molar-refractivity contribution is 7.89. The zero-order chi connectivity index (χ0) is 19.4. The predicted octanol–water partition coefficient (Wildman–Crippen LogP) is 2.58. The first-order valence-electron chi connectivity index (χ1n) is 8.78. The second-order valence-electron chi connectivity index (χ2n) is 6.37. The Morgan fingerprint density at radius 3 is 2.57 bits per heavy atom. The van der Waals surface area contributed by atoms with Crippen molar-refractivity contribution in [1.29, 1.82) is 0 Å². The fourth-order valence-electron chi connectivity index (χ4n) is 2.89. The van der Waals surface area contributed by atoms with Crippen LogP contribution >= 0.6 is 12.4 Å². The Kier molecular flexibility index (Phi) is 7.54. The van der Waals surface area contributed by atoms with E-state index >= 15 is 0 Å². The van der Waals surface area contributed by atoms with Crippen LogP contribution in [0, 0.1) is 5.82 Å². The van der Waals surface area contributed by atoms with Crippen molar-refractivity contribution in [3.8, 4) is 0 Å². The molecule has 1 amide bonds. The smallest absolute Gasteiger partial charge is 0.255 e. The summed E-state index contributed by atoms with van der Waals surface area (Å²) in [7, 11) is -3.27. The number of hydrogen-bond acceptors (Lipinski definition) is 4. The molecule has 0 radical (unpaired) electrons. The third kappa shape index (κ3) is 5.29. The highest BCUT2D eigenvalue weighted by atomic mass is 35.5. The Labute approximate surface area is 170 Å². The van der Waals surface area contributed by atoms with Crippen molar-refractivity contribution < 1.29 is 17.6 Å². The van der Waals surface area contributed by atoms with Crippen molar-refractivity contribution in [2.75, 3.05) is 17.6 Å². The Morgan fingerprint density at radius 2 is 1.89 bits per heavy atom. The lowest BCUT2D eigenvalue weighted by molar-refractivity contribution is 0.102. The van der Waals surface area contributed by atoms with Gasteiger partial charge in [0.05, 0.1) is 11.4 Å². The molecule has 0 atom stereocenters. The first kappa shape index (κ1) is 22.3. The number of sulfonamides is 1. The van der Waals surface area contributed by atoms with Crippen molar-refractivity contribution in [1.82, 2.24) is 10.0 Å². The van der Waals surface area contributed by atoms with E-state index in [0.717, 1.165) is 11.1 Å². The van der Waals surface area contributed by atoms with Gasteiger partial charge in [-0.3, -0.25) is 4.79 Å². The first-order chi connectivity index (χ1) is 12.9. The van der Waals surface area contributed by atoms with E-state index in [1.165, 1.54) is 0 Å². The number of hydrogen-bond donors (Lipinski definition) is 3. The Balaban J connectivity index is 0.00000280. The molecule has 3 N–H and O–H groups in total. The van der Waals surface area contributed by atoms with E-state index in [1.807, 2.05) is 6.07 Å². The molecule has 1 aliphatic rings. The number of benzene rings is 2. The normalized spacial score (nSPS) is 13.4. The first-order valence-corrected chi connectivity index (χ1v) is 10.4. The molecule has 0 saturated carbocycles. The minimum Gasteiger partial charge on any atom is -0.319 e. The molecule has 0 bridgehead atoms. The average molecular weight is 428 g/mol. The van der Waals surface area contributed by atoms with E-state index < -0.39 is 15.9 Å². The summed E-state index contributed by atoms with van der Waals surface area (Å²) in [5.41, 5.74) is 2.83. The van der Waals surface area contributed by atoms with Gasteiger partial charge in [0, 0.05) is 18.7 Å². The molecule has 1 aliphatic heterocycles. The number of amides is 1. The van der Waals surface area contributed by atoms with Crippen LogP contribution in [0.2, 0.25) is 0 Å². The predicted molar refractivity (Wildman–Crippen MR) is 110 cm³/mol. The van der Waals surface area contributed by atoms with E-state index in [4.69, 9.17) is 0 Å². The maximum Gasteiger partial charge on any atom is 0.255 e. The molecular formula is C19H23ClFN3O3S. The largest absolute Gasteiger partial charge is 0.319 e. The molecule has 28 heavy (non-hydrogen) atoms. The van der Waals surface area contributed by atoms with Crippen LogP contribution in [-0.2, 0) is 29.5 Å². The van der Waals surface area contributed by atoms with E-state index in [9.17, 15) is 17.6 Å². The summed E-state index contributed by atoms with van der Waals surface area (Å²) in [5.74, 6) is -0.785. The van der Waals surface area contributed by atoms with E-state index in [1.54, 1.807) is 37.3 Å². The minimum absolute atomic E-state index is 0. The van der Waals surface area contributed by atoms with Crippen LogP contribution in [0.4, 0.5) is 10.1 Å². The van der Waals surface area contributed by atoms with Gasteiger partial charge >= 0.3 is 0 Å². The summed E-state index contributed by atoms with van der Waals surface area (Å²) in [6, 6.07) is 9.91. The minimum atomic E-state index is -3.27. The summed E-state index contributed by atoms with van der Waals surface area (Å²) in [4.78, 5) is 12.4. The topological polar surface area (TPSA) is 87.3 Å². The summed E-state index contributed by atoms with van der Waals surface area (Å²) in [5, 5.41) is 5.80. The van der Waals surface area contributed by atoms with Crippen LogP contribution in [0.5, 0.6) is 0 Å². The summed E-state index contributed by atoms with van der Waals surface area (Å²) in [6.07, 6.45) is 0.591. The van der Waals surface area contributed by atoms with E-state index in [0.29, 0.717) is 30.6 Å². The van der Waals surface area contributed by atoms with Crippen molar-refractivity contribution in [3.63, 3.8) is 0 Å². The average Bonchev–Trinajstić information content (AvgIpc) is 2.69. The molecule has 9 heteroatoms. The standard InChI is InChI=1S/C19H22FN3O3S.ClH/c1-2-27(25,26)22-11-13-3-5-14(6-4-13)19(24)23-17-8-7-15-12-21-10-9-16(15)18(17)20;/h3-8,21-22H,2,9-12H2,1H3,(H,23,24);1H. The van der Waals surface area contributed by atoms with Crippen molar-refractivity contribution >= 4 is 34.0 Å². The summed E-state index contributed by atoms with van der Waals surface area (Å²) >= 11 is 0. The third-order valence-electron chi connectivity index (χ3n) is 4.55. The SMILES string of the molecule is CCS(=O)(=O)NCc1ccc(C(=O)Nc2ccc3c(c2F)CCNC3)cc1.Cl. The van der Waals surface area contributed by atoms with Crippen molar-refractivity contribution in [2.45, 2.75) is 26.4 Å². The van der Waals surface area contributed by atoms with Gasteiger partial charge in [-0.05, 0) is 54.8 Å². The Hall–Kier alpha value is -2.00. The number of halogens is 2. The van der Waals surface area contributed by atoms with Crippen LogP contribution in [0.15, 0.2) is 36.4 Å². The molecule has 0 unspecified atom stereocenters. The van der Waals surface area contributed by atoms with Crippen molar-refractivity contribution in [2.24, 2.45) is 0 Å². The number of nitrogens with one attached hydrogen (secondary N) is 3. The highest BCUT2D eigenvalue weighted by Crippen LogP contribution is 2.25. The molecule has 0 aromatic heterocycles. The summed E-state index contributed by atoms with van der Waals surface area (Å²) < 4.78 is 40.0. The molecule has 3 rings (SSSR count). The number of rotatable bonds is 6. The maximum atomic E-state index is 14.6. The lowest BCUT2D eigenvalue weighted by atomic mass is 9.99. The zero-order valence-electron chi connectivity index (χ0n) is 15.4. The second-order valence-corrected chi connectivity index (χ2v) is 8.46. The quantitative estimate of drug-likeness (QED) is 0.661. The molecule has 152 valence electrons. The van der Waals surface area contributed by atoms with Gasteiger partial charge in [-0.25, -0.2) is 17.5 Å². The van der Waals surface area contributed by atoms with E-state index in [-0.39, 0.29) is 36.2 Å². The molecule has 1 heterocycles. The Morgan fingerprint density at radius 1 is 1.18 bits per heavy atom. The fraction of sp³-hybridized carbons (Fsp3) is 0.316. The van der Waals surface area contributed by atoms with Gasteiger partial charge in [-0.15, -0.1) is 12.4 Å². The summed E-state index contributed by atoms with van der Waals surface area (Å²) in [6.45, 7) is 3.06. The van der Waals surface area contributed by atoms with E-state index in [2.05, 4.69) is 15.4 Å². The zero-order valence-corrected chi connectivity index (χ0v) is 17.1. The number of carbonyl (C=O) groups excluding carboxylic acids is 1. The van der Waals surface area contributed by atoms with Gasteiger partial charge in [-0.2, -0.15) is 0 Å². The van der Waals surface area contributed by atoms with Crippen LogP contribution in [-0.4, -0.2) is 26.6 Å². The lowest BCUT2D eigenvalue weighted by Crippen LogP contribution is -2.25. The number of fused-ring (bicyclic) bond motifs is 1. The molecule has 6 nitrogen and oxygen atoms in total. The molecule has 2 aromatic rings. The maximum absolute atomic E-state index is 14.6. The number of carbonyl (C=O) groups is 1. The van der Waals surface area contributed by atoms with Gasteiger partial charge in [0.15, 0.2) is 0 Å². The van der Waals surface area contributed by atoms with Gasteiger partial charge in [0.25, 0.3) is 5.91 Å². The van der Waals surface area contributed by atoms with Gasteiger partial charge in [0.1, 0.15) is 5.82 Å². The number of anilines is 1. The second kappa shape index (κ2) is 9.47. The van der Waals surface area contributed by atoms with Crippen LogP contribution < -0.4 is 15.4 Å². The van der Waals surface area contributed by atoms with Crippen LogP contribution in [0.25, 0.3) is 0 Å². The molecule has 0 fully saturated rings. The van der Waals surface area contributed by atoms with Gasteiger partial charge in [0.2, 0.25) is 10.0 Å². The van der Waals surface area contributed by atoms with Crippen molar-refractivity contribution in [3.05, 3.63) is 64.5 Å². The molecular weight excluding hydrogens is 405 g/mol. The Bertz CT molecular complexity index is 950. The lowest BCUT2D eigenvalue weighted by Gasteiger charge is -2.19. The fourth-order valence-corrected chi connectivity index (χ4v) is 3.48. The van der Waals surface area contributed by atoms with Gasteiger partial charge in [-0.1, -0.05) is 18.2 Å². The molecule has 0 saturated heterocycles.